The molecule has 6 heteroatoms. The van der Waals surface area contributed by atoms with Gasteiger partial charge in [0.05, 0.1) is 5.02 Å². The summed E-state index contributed by atoms with van der Waals surface area (Å²) >= 11 is 7.52. The molecule has 1 N–H and O–H groups in total. The van der Waals surface area contributed by atoms with Crippen LogP contribution in [0.1, 0.15) is 22.2 Å². The minimum atomic E-state index is -0.935. The second-order valence-corrected chi connectivity index (χ2v) is 7.07. The third kappa shape index (κ3) is 3.83. The van der Waals surface area contributed by atoms with Crippen molar-refractivity contribution in [2.45, 2.75) is 20.0 Å². The van der Waals surface area contributed by atoms with E-state index in [1.54, 1.807) is 12.1 Å². The summed E-state index contributed by atoms with van der Waals surface area (Å²) in [6.07, 6.45) is -0.935. The van der Waals surface area contributed by atoms with Crippen molar-refractivity contribution >= 4 is 50.6 Å². The number of rotatable bonds is 4. The minimum Gasteiger partial charge on any atom is -0.448 e. The van der Waals surface area contributed by atoms with Crippen LogP contribution in [-0.4, -0.2) is 18.0 Å². The Labute approximate surface area is 154 Å². The summed E-state index contributed by atoms with van der Waals surface area (Å²) in [6.45, 7) is 3.49. The maximum Gasteiger partial charge on any atom is 0.350 e. The number of nitrogens with one attached hydrogen (secondary N) is 1. The van der Waals surface area contributed by atoms with Crippen LogP contribution in [0.25, 0.3) is 10.1 Å². The smallest absolute Gasteiger partial charge is 0.350 e. The molecule has 0 radical (unpaired) electrons. The number of aryl methyl sites for hydroxylation is 1. The van der Waals surface area contributed by atoms with Crippen LogP contribution in [0.5, 0.6) is 0 Å². The molecule has 25 heavy (non-hydrogen) atoms. The molecule has 0 unspecified atom stereocenters. The number of ether oxygens (including phenoxy) is 1. The fourth-order valence-electron chi connectivity index (χ4n) is 2.29. The Morgan fingerprint density at radius 1 is 1.12 bits per heavy atom. The largest absolute Gasteiger partial charge is 0.448 e. The van der Waals surface area contributed by atoms with E-state index >= 15 is 0 Å². The predicted molar refractivity (Wildman–Crippen MR) is 102 cm³/mol. The predicted octanol–water partition coefficient (Wildman–Crippen LogP) is 5.05. The van der Waals surface area contributed by atoms with Gasteiger partial charge in [-0.2, -0.15) is 0 Å². The van der Waals surface area contributed by atoms with Crippen LogP contribution in [-0.2, 0) is 9.53 Å². The highest BCUT2D eigenvalue weighted by molar-refractivity contribution is 7.21. The van der Waals surface area contributed by atoms with E-state index in [0.29, 0.717) is 15.6 Å². The number of carbonyl (C=O) groups is 2. The van der Waals surface area contributed by atoms with Gasteiger partial charge in [-0.25, -0.2) is 4.79 Å². The van der Waals surface area contributed by atoms with Crippen LogP contribution in [0.2, 0.25) is 5.02 Å². The number of hydrogen-bond acceptors (Lipinski definition) is 4. The fraction of sp³-hybridized carbons (Fsp3) is 0.158. The van der Waals surface area contributed by atoms with Gasteiger partial charge in [0.1, 0.15) is 4.88 Å². The van der Waals surface area contributed by atoms with Crippen LogP contribution in [0.3, 0.4) is 0 Å². The van der Waals surface area contributed by atoms with Gasteiger partial charge in [-0.1, -0.05) is 47.5 Å². The Morgan fingerprint density at radius 2 is 1.80 bits per heavy atom. The van der Waals surface area contributed by atoms with E-state index in [9.17, 15) is 9.59 Å². The summed E-state index contributed by atoms with van der Waals surface area (Å²) in [5, 5.41) is 3.88. The molecule has 0 aliphatic rings. The van der Waals surface area contributed by atoms with Crippen LogP contribution in [0, 0.1) is 6.92 Å². The van der Waals surface area contributed by atoms with Crippen LogP contribution in [0.4, 0.5) is 5.69 Å². The molecular formula is C19H16ClNO3S. The molecule has 0 aliphatic carbocycles. The lowest BCUT2D eigenvalue weighted by atomic mass is 10.2. The Morgan fingerprint density at radius 3 is 2.48 bits per heavy atom. The number of thiophene rings is 1. The third-order valence-corrected chi connectivity index (χ3v) is 5.35. The van der Waals surface area contributed by atoms with Gasteiger partial charge in [0.25, 0.3) is 5.91 Å². The van der Waals surface area contributed by atoms with Crippen LogP contribution < -0.4 is 5.32 Å². The Kier molecular flexibility index (Phi) is 5.06. The second-order valence-electron chi connectivity index (χ2n) is 5.64. The molecule has 2 aromatic carbocycles. The minimum absolute atomic E-state index is 0.304. The topological polar surface area (TPSA) is 55.4 Å². The number of benzene rings is 2. The van der Waals surface area contributed by atoms with Gasteiger partial charge in [0, 0.05) is 15.8 Å². The van der Waals surface area contributed by atoms with Crippen molar-refractivity contribution in [2.75, 3.05) is 5.32 Å². The van der Waals surface area contributed by atoms with Crippen molar-refractivity contribution < 1.29 is 14.3 Å². The van der Waals surface area contributed by atoms with Gasteiger partial charge in [0.15, 0.2) is 6.10 Å². The summed E-state index contributed by atoms with van der Waals surface area (Å²) in [5.41, 5.74) is 1.75. The standard InChI is InChI=1S/C19H16ClNO3S/c1-11-7-9-13(10-8-11)21-18(22)12(2)24-19(23)17-16(20)14-5-3-4-6-15(14)25-17/h3-10,12H,1-2H3,(H,21,22)/t12-/m0/s1. The molecule has 0 fully saturated rings. The quantitative estimate of drug-likeness (QED) is 0.651. The first-order chi connectivity index (χ1) is 12.0. The SMILES string of the molecule is Cc1ccc(NC(=O)[C@H](C)OC(=O)c2sc3ccccc3c2Cl)cc1. The number of halogens is 1. The van der Waals surface area contributed by atoms with Gasteiger partial charge < -0.3 is 10.1 Å². The monoisotopic (exact) mass is 373 g/mol. The third-order valence-electron chi connectivity index (χ3n) is 3.69. The van der Waals surface area contributed by atoms with Crippen LogP contribution >= 0.6 is 22.9 Å². The van der Waals surface area contributed by atoms with Gasteiger partial charge in [0.2, 0.25) is 0 Å². The summed E-state index contributed by atoms with van der Waals surface area (Å²) < 4.78 is 6.18. The maximum atomic E-state index is 12.4. The van der Waals surface area contributed by atoms with E-state index in [-0.39, 0.29) is 0 Å². The highest BCUT2D eigenvalue weighted by Gasteiger charge is 2.23. The molecule has 1 atom stereocenters. The van der Waals surface area contributed by atoms with Gasteiger partial charge in [-0.05, 0) is 32.0 Å². The number of fused-ring (bicyclic) bond motifs is 1. The molecule has 4 nitrogen and oxygen atoms in total. The van der Waals surface area contributed by atoms with E-state index in [1.165, 1.54) is 18.3 Å². The molecule has 0 bridgehead atoms. The van der Waals surface area contributed by atoms with Gasteiger partial charge in [-0.15, -0.1) is 11.3 Å². The molecular weight excluding hydrogens is 358 g/mol. The van der Waals surface area contributed by atoms with E-state index in [1.807, 2.05) is 43.3 Å². The van der Waals surface area contributed by atoms with Gasteiger partial charge in [-0.3, -0.25) is 4.79 Å². The summed E-state index contributed by atoms with van der Waals surface area (Å²) in [4.78, 5) is 24.9. The highest BCUT2D eigenvalue weighted by Crippen LogP contribution is 2.35. The van der Waals surface area contributed by atoms with Gasteiger partial charge >= 0.3 is 5.97 Å². The maximum absolute atomic E-state index is 12.4. The molecule has 0 spiro atoms. The van der Waals surface area contributed by atoms with Crippen molar-refractivity contribution in [2.24, 2.45) is 0 Å². The first-order valence-corrected chi connectivity index (χ1v) is 8.90. The average Bonchev–Trinajstić information content (AvgIpc) is 2.94. The zero-order valence-electron chi connectivity index (χ0n) is 13.7. The highest BCUT2D eigenvalue weighted by atomic mass is 35.5. The lowest BCUT2D eigenvalue weighted by Crippen LogP contribution is -2.29. The van der Waals surface area contributed by atoms with Crippen molar-refractivity contribution in [3.05, 3.63) is 64.0 Å². The molecule has 3 rings (SSSR count). The van der Waals surface area contributed by atoms with E-state index in [0.717, 1.165) is 15.6 Å². The molecule has 1 amide bonds. The number of esters is 1. The van der Waals surface area contributed by atoms with Crippen LogP contribution in [0.15, 0.2) is 48.5 Å². The van der Waals surface area contributed by atoms with E-state index in [4.69, 9.17) is 16.3 Å². The Balaban J connectivity index is 1.69. The summed E-state index contributed by atoms with van der Waals surface area (Å²) in [6, 6.07) is 14.8. The van der Waals surface area contributed by atoms with Crippen molar-refractivity contribution in [3.63, 3.8) is 0 Å². The second kappa shape index (κ2) is 7.25. The number of amides is 1. The molecule has 1 heterocycles. The lowest BCUT2D eigenvalue weighted by molar-refractivity contribution is -0.123. The summed E-state index contributed by atoms with van der Waals surface area (Å²) in [5.74, 6) is -0.993. The Bertz CT molecular complexity index is 933. The molecule has 128 valence electrons. The zero-order chi connectivity index (χ0) is 18.0. The van der Waals surface area contributed by atoms with E-state index < -0.39 is 18.0 Å². The first kappa shape index (κ1) is 17.5. The molecule has 3 aromatic rings. The number of carbonyl (C=O) groups excluding carboxylic acids is 2. The normalized spacial score (nSPS) is 12.0. The number of hydrogen-bond donors (Lipinski definition) is 1. The molecule has 1 aromatic heterocycles. The van der Waals surface area contributed by atoms with E-state index in [2.05, 4.69) is 5.32 Å². The Hall–Kier alpha value is -2.37. The average molecular weight is 374 g/mol. The van der Waals surface area contributed by atoms with Crippen molar-refractivity contribution in [3.8, 4) is 0 Å². The molecule has 0 saturated carbocycles. The fourth-order valence-corrected chi connectivity index (χ4v) is 3.68. The zero-order valence-corrected chi connectivity index (χ0v) is 15.3. The molecule has 0 aliphatic heterocycles. The lowest BCUT2D eigenvalue weighted by Gasteiger charge is -2.13. The first-order valence-electron chi connectivity index (χ1n) is 7.71. The van der Waals surface area contributed by atoms with Crippen molar-refractivity contribution in [1.29, 1.82) is 0 Å². The molecule has 0 saturated heterocycles. The van der Waals surface area contributed by atoms with Crippen molar-refractivity contribution in [1.82, 2.24) is 0 Å². The summed E-state index contributed by atoms with van der Waals surface area (Å²) in [7, 11) is 0. The number of anilines is 1.